The van der Waals surface area contributed by atoms with E-state index in [0.29, 0.717) is 11.5 Å². The molecule has 1 aromatic carbocycles. The first-order valence-electron chi connectivity index (χ1n) is 10.8. The van der Waals surface area contributed by atoms with E-state index < -0.39 is 0 Å². The molecule has 2 saturated heterocycles. The van der Waals surface area contributed by atoms with E-state index in [1.807, 2.05) is 6.07 Å². The molecule has 4 atom stereocenters. The molecule has 0 unspecified atom stereocenters. The van der Waals surface area contributed by atoms with Gasteiger partial charge in [0.2, 0.25) is 5.91 Å². The van der Waals surface area contributed by atoms with Crippen molar-refractivity contribution in [2.24, 2.45) is 5.41 Å². The number of para-hydroxylation sites is 1. The minimum atomic E-state index is -0.0491. The van der Waals surface area contributed by atoms with Gasteiger partial charge in [-0.05, 0) is 75.1 Å². The predicted octanol–water partition coefficient (Wildman–Crippen LogP) is 3.87. The normalized spacial score (nSPS) is 41.7. The van der Waals surface area contributed by atoms with Gasteiger partial charge in [-0.25, -0.2) is 0 Å². The summed E-state index contributed by atoms with van der Waals surface area (Å²) in [5.74, 6) is 1.08. The van der Waals surface area contributed by atoms with Crippen molar-refractivity contribution < 1.29 is 9.53 Å². The molecular formula is C23H30N2O2. The monoisotopic (exact) mass is 366 g/mol. The Kier molecular flexibility index (Phi) is 3.09. The number of carbonyl (C=O) groups is 1. The van der Waals surface area contributed by atoms with Crippen molar-refractivity contribution in [1.29, 1.82) is 0 Å². The third-order valence-electron chi connectivity index (χ3n) is 9.12. The SMILES string of the molecule is COc1cccc2c1N(C(C)=O)[C@@]13CCC[C@]4(CCCN5CC[C@@]21[C@H]54)CC3. The number of hydrogen-bond acceptors (Lipinski definition) is 3. The Balaban J connectivity index is 1.70. The van der Waals surface area contributed by atoms with E-state index in [1.165, 1.54) is 57.2 Å². The van der Waals surface area contributed by atoms with Crippen LogP contribution < -0.4 is 9.64 Å². The molecule has 27 heavy (non-hydrogen) atoms. The Morgan fingerprint density at radius 2 is 1.93 bits per heavy atom. The Morgan fingerprint density at radius 1 is 1.07 bits per heavy atom. The molecule has 3 aliphatic heterocycles. The number of benzene rings is 1. The number of anilines is 1. The number of fused-ring (bicyclic) bond motifs is 4. The van der Waals surface area contributed by atoms with Crippen molar-refractivity contribution in [2.75, 3.05) is 25.1 Å². The van der Waals surface area contributed by atoms with Crippen LogP contribution in [0.15, 0.2) is 18.2 Å². The highest BCUT2D eigenvalue weighted by Gasteiger charge is 2.76. The zero-order valence-electron chi connectivity index (χ0n) is 16.6. The molecule has 0 radical (unpaired) electrons. The lowest BCUT2D eigenvalue weighted by Crippen LogP contribution is -2.70. The number of methoxy groups -OCH3 is 1. The minimum absolute atomic E-state index is 0.0491. The maximum atomic E-state index is 13.1. The van der Waals surface area contributed by atoms with Gasteiger partial charge in [0.1, 0.15) is 5.75 Å². The van der Waals surface area contributed by atoms with Crippen molar-refractivity contribution in [3.63, 3.8) is 0 Å². The second-order valence-corrected chi connectivity index (χ2v) is 9.72. The first-order chi connectivity index (χ1) is 13.1. The van der Waals surface area contributed by atoms with Gasteiger partial charge in [0.05, 0.1) is 18.3 Å². The van der Waals surface area contributed by atoms with Gasteiger partial charge in [0.25, 0.3) is 0 Å². The van der Waals surface area contributed by atoms with E-state index >= 15 is 0 Å². The average Bonchev–Trinajstić information content (AvgIpc) is 3.08. The Bertz CT molecular complexity index is 838. The van der Waals surface area contributed by atoms with Gasteiger partial charge in [-0.3, -0.25) is 9.69 Å². The van der Waals surface area contributed by atoms with Gasteiger partial charge in [-0.1, -0.05) is 18.6 Å². The van der Waals surface area contributed by atoms with Crippen LogP contribution in [0.2, 0.25) is 0 Å². The lowest BCUT2D eigenvalue weighted by molar-refractivity contribution is -0.119. The van der Waals surface area contributed by atoms with Gasteiger partial charge in [0, 0.05) is 18.4 Å². The van der Waals surface area contributed by atoms with Crippen LogP contribution in [0.25, 0.3) is 0 Å². The zero-order chi connectivity index (χ0) is 18.4. The molecule has 3 saturated carbocycles. The molecule has 3 heterocycles. The summed E-state index contributed by atoms with van der Waals surface area (Å²) in [6.07, 6.45) is 10.1. The molecule has 5 fully saturated rings. The number of amides is 1. The minimum Gasteiger partial charge on any atom is -0.495 e. The topological polar surface area (TPSA) is 32.8 Å². The van der Waals surface area contributed by atoms with Gasteiger partial charge in [0.15, 0.2) is 0 Å². The highest BCUT2D eigenvalue weighted by molar-refractivity contribution is 5.99. The van der Waals surface area contributed by atoms with E-state index in [2.05, 4.69) is 21.9 Å². The summed E-state index contributed by atoms with van der Waals surface area (Å²) >= 11 is 0. The maximum absolute atomic E-state index is 13.1. The molecule has 3 spiro atoms. The molecular weight excluding hydrogens is 336 g/mol. The third kappa shape index (κ3) is 1.61. The largest absolute Gasteiger partial charge is 0.495 e. The predicted molar refractivity (Wildman–Crippen MR) is 105 cm³/mol. The lowest BCUT2D eigenvalue weighted by atomic mass is 9.49. The third-order valence-corrected chi connectivity index (χ3v) is 9.12. The second-order valence-electron chi connectivity index (χ2n) is 9.72. The van der Waals surface area contributed by atoms with Gasteiger partial charge in [-0.2, -0.15) is 0 Å². The maximum Gasteiger partial charge on any atom is 0.224 e. The number of carbonyl (C=O) groups excluding carboxylic acids is 1. The summed E-state index contributed by atoms with van der Waals surface area (Å²) in [6.45, 7) is 4.20. The molecule has 0 N–H and O–H groups in total. The van der Waals surface area contributed by atoms with Gasteiger partial charge < -0.3 is 9.64 Å². The molecule has 6 aliphatic rings. The number of hydrogen-bond donors (Lipinski definition) is 0. The van der Waals surface area contributed by atoms with E-state index in [0.717, 1.165) is 24.3 Å². The zero-order valence-corrected chi connectivity index (χ0v) is 16.6. The van der Waals surface area contributed by atoms with Crippen LogP contribution in [0.5, 0.6) is 5.75 Å². The standard InChI is InChI=1S/C23H30N2O2/c1-16(26)25-19-17(6-3-7-18(19)27-2)23-13-15-24-14-5-9-21(20(23)24)8-4-10-22(23,25)12-11-21/h3,6-7,20H,4-5,8-15H2,1-2H3/t20-,21+,22-,23+/m1/s1. The smallest absolute Gasteiger partial charge is 0.224 e. The molecule has 4 heteroatoms. The van der Waals surface area contributed by atoms with E-state index in [1.54, 1.807) is 14.0 Å². The van der Waals surface area contributed by atoms with E-state index in [4.69, 9.17) is 4.74 Å². The fourth-order valence-electron chi connectivity index (χ4n) is 8.62. The fraction of sp³-hybridized carbons (Fsp3) is 0.696. The highest BCUT2D eigenvalue weighted by atomic mass is 16.5. The summed E-state index contributed by atoms with van der Waals surface area (Å²) in [4.78, 5) is 18.1. The molecule has 2 bridgehead atoms. The summed E-state index contributed by atoms with van der Waals surface area (Å²) in [7, 11) is 1.75. The van der Waals surface area contributed by atoms with Crippen molar-refractivity contribution in [1.82, 2.24) is 4.90 Å². The van der Waals surface area contributed by atoms with E-state index in [-0.39, 0.29) is 16.9 Å². The molecule has 7 rings (SSSR count). The van der Waals surface area contributed by atoms with Crippen molar-refractivity contribution in [3.8, 4) is 5.75 Å². The number of ether oxygens (including phenoxy) is 1. The number of piperidine rings is 1. The summed E-state index contributed by atoms with van der Waals surface area (Å²) in [5.41, 5.74) is 3.02. The second kappa shape index (κ2) is 5.08. The average molecular weight is 367 g/mol. The number of nitrogens with zero attached hydrogens (tertiary/aromatic N) is 2. The highest BCUT2D eigenvalue weighted by Crippen LogP contribution is 2.73. The molecule has 0 aromatic heterocycles. The molecule has 1 aromatic rings. The molecule has 1 amide bonds. The van der Waals surface area contributed by atoms with Gasteiger partial charge in [-0.15, -0.1) is 0 Å². The summed E-state index contributed by atoms with van der Waals surface area (Å²) in [6, 6.07) is 7.13. The van der Waals surface area contributed by atoms with E-state index in [9.17, 15) is 4.79 Å². The fourth-order valence-corrected chi connectivity index (χ4v) is 8.62. The van der Waals surface area contributed by atoms with Crippen LogP contribution in [-0.2, 0) is 10.2 Å². The van der Waals surface area contributed by atoms with Crippen molar-refractivity contribution in [2.45, 2.75) is 75.3 Å². The van der Waals surface area contributed by atoms with Crippen LogP contribution in [-0.4, -0.2) is 42.6 Å². The first kappa shape index (κ1) is 16.4. The number of rotatable bonds is 1. The molecule has 4 nitrogen and oxygen atoms in total. The van der Waals surface area contributed by atoms with Crippen molar-refractivity contribution in [3.05, 3.63) is 23.8 Å². The summed E-state index contributed by atoms with van der Waals surface area (Å²) < 4.78 is 5.81. The van der Waals surface area contributed by atoms with Crippen LogP contribution in [0.3, 0.4) is 0 Å². The van der Waals surface area contributed by atoms with Gasteiger partial charge >= 0.3 is 0 Å². The Labute approximate surface area is 161 Å². The van der Waals surface area contributed by atoms with Crippen molar-refractivity contribution >= 4 is 11.6 Å². The Morgan fingerprint density at radius 3 is 2.74 bits per heavy atom. The molecule has 3 aliphatic carbocycles. The molecule has 144 valence electrons. The van der Waals surface area contributed by atoms with Crippen LogP contribution in [0.1, 0.15) is 63.9 Å². The first-order valence-corrected chi connectivity index (χ1v) is 10.8. The quantitative estimate of drug-likeness (QED) is 0.756. The Hall–Kier alpha value is -1.55. The van der Waals surface area contributed by atoms with Crippen LogP contribution in [0.4, 0.5) is 5.69 Å². The lowest BCUT2D eigenvalue weighted by Gasteiger charge is -2.61. The van der Waals surface area contributed by atoms with Crippen LogP contribution >= 0.6 is 0 Å². The summed E-state index contributed by atoms with van der Waals surface area (Å²) in [5, 5.41) is 0. The van der Waals surface area contributed by atoms with Crippen LogP contribution in [0, 0.1) is 5.41 Å².